The Balaban J connectivity index is 1.59. The molecule has 0 spiro atoms. The summed E-state index contributed by atoms with van der Waals surface area (Å²) < 4.78 is 5.16. The molecule has 0 aliphatic carbocycles. The van der Waals surface area contributed by atoms with Gasteiger partial charge in [0, 0.05) is 37.2 Å². The number of thiazole rings is 1. The van der Waals surface area contributed by atoms with Crippen LogP contribution < -0.4 is 20.9 Å². The minimum absolute atomic E-state index is 0.0260. The molecule has 0 saturated carbocycles. The highest BCUT2D eigenvalue weighted by molar-refractivity contribution is 7.16. The lowest BCUT2D eigenvalue weighted by Gasteiger charge is -2.23. The summed E-state index contributed by atoms with van der Waals surface area (Å²) in [6, 6.07) is 9.40. The summed E-state index contributed by atoms with van der Waals surface area (Å²) in [5.74, 6) is 6.85. The Morgan fingerprint density at radius 1 is 1.25 bits per heavy atom. The normalized spacial score (nSPS) is 11.9. The fourth-order valence-electron chi connectivity index (χ4n) is 3.53. The molecular formula is C22H23N7O2S. The second-order valence-corrected chi connectivity index (χ2v) is 8.18. The molecule has 0 unspecified atom stereocenters. The van der Waals surface area contributed by atoms with Crippen molar-refractivity contribution in [2.45, 2.75) is 12.8 Å². The average Bonchev–Trinajstić information content (AvgIpc) is 3.32. The Hall–Kier alpha value is -3.63. The van der Waals surface area contributed by atoms with Crippen LogP contribution in [0.3, 0.4) is 0 Å². The summed E-state index contributed by atoms with van der Waals surface area (Å²) in [5, 5.41) is 5.65. The van der Waals surface area contributed by atoms with Gasteiger partial charge in [-0.05, 0) is 11.6 Å². The molecule has 0 aliphatic heterocycles. The van der Waals surface area contributed by atoms with Crippen molar-refractivity contribution >= 4 is 34.0 Å². The van der Waals surface area contributed by atoms with Crippen molar-refractivity contribution in [1.82, 2.24) is 25.3 Å². The van der Waals surface area contributed by atoms with Crippen molar-refractivity contribution in [2.75, 3.05) is 25.7 Å². The topological polar surface area (TPSA) is 119 Å². The number of benzene rings is 1. The van der Waals surface area contributed by atoms with Crippen LogP contribution >= 0.6 is 11.3 Å². The molecule has 9 nitrogen and oxygen atoms in total. The predicted octanol–water partition coefficient (Wildman–Crippen LogP) is 3.00. The van der Waals surface area contributed by atoms with Gasteiger partial charge in [0.1, 0.15) is 12.1 Å². The van der Waals surface area contributed by atoms with E-state index in [2.05, 4.69) is 32.2 Å². The van der Waals surface area contributed by atoms with Gasteiger partial charge in [-0.15, -0.1) is 0 Å². The van der Waals surface area contributed by atoms with Crippen LogP contribution in [0.5, 0.6) is 5.19 Å². The fraction of sp³-hybridized carbons (Fsp3) is 0.227. The number of amides is 1. The number of aromatic nitrogens is 4. The summed E-state index contributed by atoms with van der Waals surface area (Å²) in [5.41, 5.74) is 3.11. The number of fused-ring (bicyclic) bond motifs is 1. The van der Waals surface area contributed by atoms with Crippen LogP contribution in [-0.4, -0.2) is 46.5 Å². The molecule has 4 rings (SSSR count). The minimum Gasteiger partial charge on any atom is -0.473 e. The van der Waals surface area contributed by atoms with E-state index >= 15 is 0 Å². The number of hydrazine groups is 1. The standard InChI is InChI=1S/C22H23N7O2S/c1-13(14-5-4-6-15-16(21(30)24-2)7-8-25-20(14)15)11-29(23)19-9-17(27-12-28-19)18-10-26-22(31-3)32-18/h4-10,12-13H,11,23H2,1-3H3,(H,24,30)/t13-/m1/s1. The third-order valence-electron chi connectivity index (χ3n) is 5.13. The van der Waals surface area contributed by atoms with Gasteiger partial charge < -0.3 is 10.1 Å². The van der Waals surface area contributed by atoms with Gasteiger partial charge >= 0.3 is 0 Å². The first-order chi connectivity index (χ1) is 15.5. The second kappa shape index (κ2) is 9.25. The van der Waals surface area contributed by atoms with Crippen molar-refractivity contribution in [1.29, 1.82) is 0 Å². The Morgan fingerprint density at radius 3 is 2.84 bits per heavy atom. The second-order valence-electron chi connectivity index (χ2n) is 7.19. The Morgan fingerprint density at radius 2 is 2.09 bits per heavy atom. The van der Waals surface area contributed by atoms with Crippen molar-refractivity contribution in [3.05, 3.63) is 60.2 Å². The molecule has 0 aliphatic rings. The zero-order valence-electron chi connectivity index (χ0n) is 17.9. The first-order valence-electron chi connectivity index (χ1n) is 9.96. The lowest BCUT2D eigenvalue weighted by Crippen LogP contribution is -2.35. The minimum atomic E-state index is -0.143. The van der Waals surface area contributed by atoms with Crippen molar-refractivity contribution < 1.29 is 9.53 Å². The maximum atomic E-state index is 12.2. The molecule has 1 amide bonds. The number of pyridine rings is 1. The number of anilines is 1. The number of nitrogens with two attached hydrogens (primary N) is 1. The number of hydrogen-bond acceptors (Lipinski definition) is 9. The van der Waals surface area contributed by atoms with Crippen LogP contribution in [0.4, 0.5) is 5.82 Å². The van der Waals surface area contributed by atoms with Crippen LogP contribution in [0.2, 0.25) is 0 Å². The van der Waals surface area contributed by atoms with E-state index in [1.165, 1.54) is 17.7 Å². The van der Waals surface area contributed by atoms with E-state index in [9.17, 15) is 4.79 Å². The highest BCUT2D eigenvalue weighted by Gasteiger charge is 2.18. The van der Waals surface area contributed by atoms with E-state index in [0.717, 1.165) is 27.0 Å². The van der Waals surface area contributed by atoms with Crippen LogP contribution in [0.25, 0.3) is 21.5 Å². The molecule has 0 saturated heterocycles. The lowest BCUT2D eigenvalue weighted by atomic mass is 9.96. The fourth-order valence-corrected chi connectivity index (χ4v) is 4.22. The number of rotatable bonds is 7. The number of carbonyl (C=O) groups excluding carboxylic acids is 1. The molecule has 4 aromatic rings. The van der Waals surface area contributed by atoms with E-state index < -0.39 is 0 Å². The molecule has 1 atom stereocenters. The molecular weight excluding hydrogens is 426 g/mol. The smallest absolute Gasteiger partial charge is 0.273 e. The van der Waals surface area contributed by atoms with Crippen LogP contribution in [-0.2, 0) is 0 Å². The summed E-state index contributed by atoms with van der Waals surface area (Å²) in [6.07, 6.45) is 4.85. The largest absolute Gasteiger partial charge is 0.473 e. The first-order valence-corrected chi connectivity index (χ1v) is 10.8. The molecule has 0 bridgehead atoms. The third-order valence-corrected chi connectivity index (χ3v) is 6.12. The number of methoxy groups -OCH3 is 1. The number of nitrogens with zero attached hydrogens (tertiary/aromatic N) is 5. The van der Waals surface area contributed by atoms with Gasteiger partial charge in [-0.25, -0.2) is 20.8 Å². The highest BCUT2D eigenvalue weighted by Crippen LogP contribution is 2.31. The summed E-state index contributed by atoms with van der Waals surface area (Å²) in [6.45, 7) is 2.56. The highest BCUT2D eigenvalue weighted by atomic mass is 32.1. The Kier molecular flexibility index (Phi) is 6.24. The maximum Gasteiger partial charge on any atom is 0.273 e. The van der Waals surface area contributed by atoms with Gasteiger partial charge in [0.2, 0.25) is 0 Å². The average molecular weight is 450 g/mol. The third kappa shape index (κ3) is 4.23. The zero-order chi connectivity index (χ0) is 22.7. The van der Waals surface area contributed by atoms with Gasteiger partial charge in [0.05, 0.1) is 35.0 Å². The van der Waals surface area contributed by atoms with Gasteiger partial charge in [-0.1, -0.05) is 36.5 Å². The lowest BCUT2D eigenvalue weighted by molar-refractivity contribution is 0.0964. The van der Waals surface area contributed by atoms with Crippen molar-refractivity contribution in [3.8, 4) is 15.8 Å². The summed E-state index contributed by atoms with van der Waals surface area (Å²) in [4.78, 5) is 30.5. The molecule has 0 radical (unpaired) electrons. The maximum absolute atomic E-state index is 12.2. The van der Waals surface area contributed by atoms with E-state index in [0.29, 0.717) is 23.1 Å². The van der Waals surface area contributed by atoms with Crippen molar-refractivity contribution in [3.63, 3.8) is 0 Å². The van der Waals surface area contributed by atoms with Gasteiger partial charge in [-0.2, -0.15) is 0 Å². The number of carbonyl (C=O) groups is 1. The predicted molar refractivity (Wildman–Crippen MR) is 125 cm³/mol. The van der Waals surface area contributed by atoms with E-state index in [1.807, 2.05) is 24.3 Å². The number of ether oxygens (including phenoxy) is 1. The molecule has 3 heterocycles. The Bertz CT molecular complexity index is 1260. The molecule has 3 N–H and O–H groups in total. The Labute approximate surface area is 189 Å². The van der Waals surface area contributed by atoms with E-state index in [1.54, 1.807) is 37.6 Å². The number of para-hydroxylation sites is 1. The van der Waals surface area contributed by atoms with Crippen molar-refractivity contribution in [2.24, 2.45) is 5.84 Å². The molecule has 32 heavy (non-hydrogen) atoms. The quantitative estimate of drug-likeness (QED) is 0.326. The molecule has 10 heteroatoms. The molecule has 3 aromatic heterocycles. The zero-order valence-corrected chi connectivity index (χ0v) is 18.8. The number of hydrogen-bond donors (Lipinski definition) is 2. The molecule has 164 valence electrons. The molecule has 1 aromatic carbocycles. The molecule has 0 fully saturated rings. The first kappa shape index (κ1) is 21.6. The summed E-state index contributed by atoms with van der Waals surface area (Å²) in [7, 11) is 3.20. The number of nitrogens with one attached hydrogen (secondary N) is 1. The van der Waals surface area contributed by atoms with E-state index in [4.69, 9.17) is 10.6 Å². The van der Waals surface area contributed by atoms with Crippen LogP contribution in [0.1, 0.15) is 28.8 Å². The van der Waals surface area contributed by atoms with Crippen LogP contribution in [0, 0.1) is 0 Å². The van der Waals surface area contributed by atoms with E-state index in [-0.39, 0.29) is 11.8 Å². The SMILES string of the molecule is CNC(=O)c1ccnc2c([C@H](C)CN(N)c3cc(-c4cnc(OC)s4)ncn3)cccc12. The van der Waals surface area contributed by atoms with Gasteiger partial charge in [-0.3, -0.25) is 14.8 Å². The van der Waals surface area contributed by atoms with Crippen LogP contribution in [0.15, 0.2) is 49.1 Å². The summed E-state index contributed by atoms with van der Waals surface area (Å²) >= 11 is 1.40. The monoisotopic (exact) mass is 449 g/mol. The van der Waals surface area contributed by atoms with Gasteiger partial charge in [0.25, 0.3) is 11.1 Å². The van der Waals surface area contributed by atoms with Gasteiger partial charge in [0.15, 0.2) is 0 Å².